The second kappa shape index (κ2) is 14.3. The van der Waals surface area contributed by atoms with E-state index in [1.54, 1.807) is 0 Å². The van der Waals surface area contributed by atoms with Gasteiger partial charge in [-0.1, -0.05) is 188 Å². The van der Waals surface area contributed by atoms with Crippen molar-refractivity contribution in [3.8, 4) is 33.4 Å². The van der Waals surface area contributed by atoms with Gasteiger partial charge in [-0.05, 0) is 109 Å². The first-order valence-electron chi connectivity index (χ1n) is 21.0. The molecule has 10 aromatic carbocycles. The van der Waals surface area contributed by atoms with Gasteiger partial charge in [-0.2, -0.15) is 0 Å². The summed E-state index contributed by atoms with van der Waals surface area (Å²) in [6.07, 6.45) is 0. The zero-order valence-electron chi connectivity index (χ0n) is 33.4. The molecule has 0 spiro atoms. The Bertz CT molecular complexity index is 3370. The van der Waals surface area contributed by atoms with Crippen LogP contribution in [0.2, 0.25) is 0 Å². The van der Waals surface area contributed by atoms with Gasteiger partial charge in [0.15, 0.2) is 0 Å². The molecule has 1 aliphatic rings. The first-order chi connectivity index (χ1) is 30.3. The Labute approximate surface area is 360 Å². The molecule has 61 heavy (non-hydrogen) atoms. The zero-order chi connectivity index (χ0) is 40.3. The maximum atomic E-state index is 2.48. The predicted octanol–water partition coefficient (Wildman–Crippen LogP) is 16.4. The van der Waals surface area contributed by atoms with Crippen LogP contribution in [0.25, 0.3) is 64.3 Å². The van der Waals surface area contributed by atoms with Crippen molar-refractivity contribution in [2.75, 3.05) is 4.90 Å². The van der Waals surface area contributed by atoms with Gasteiger partial charge in [0.1, 0.15) is 0 Å². The lowest BCUT2D eigenvalue weighted by atomic mass is 9.68. The number of thiophene rings is 1. The van der Waals surface area contributed by atoms with Crippen LogP contribution in [0.15, 0.2) is 237 Å². The van der Waals surface area contributed by atoms with Gasteiger partial charge in [-0.25, -0.2) is 0 Å². The summed E-state index contributed by atoms with van der Waals surface area (Å²) in [5, 5.41) is 5.12. The van der Waals surface area contributed by atoms with Crippen LogP contribution in [0.3, 0.4) is 0 Å². The van der Waals surface area contributed by atoms with Gasteiger partial charge in [0.25, 0.3) is 0 Å². The van der Waals surface area contributed by atoms with E-state index in [9.17, 15) is 0 Å². The highest BCUT2D eigenvalue weighted by Gasteiger charge is 2.47. The Kier molecular flexibility index (Phi) is 8.33. The van der Waals surface area contributed by atoms with Crippen LogP contribution in [0.5, 0.6) is 0 Å². The van der Waals surface area contributed by atoms with Crippen molar-refractivity contribution in [1.82, 2.24) is 0 Å². The van der Waals surface area contributed by atoms with E-state index >= 15 is 0 Å². The molecule has 0 unspecified atom stereocenters. The van der Waals surface area contributed by atoms with Gasteiger partial charge in [0, 0.05) is 37.1 Å². The van der Waals surface area contributed by atoms with E-state index in [0.717, 1.165) is 17.1 Å². The van der Waals surface area contributed by atoms with Crippen LogP contribution < -0.4 is 4.90 Å². The Morgan fingerprint density at radius 2 is 0.934 bits per heavy atom. The standard InChI is InChI=1S/C59H39NS/c1-3-19-44(20-4-1)59(45-21-5-2-6-22-45)53-28-11-9-26-51(53)58-54(59)29-15-30-55(58)60(46-35-32-41(33-36-46)49-27-14-17-40-16-7-8-24-48(40)49)47-23-13-18-42(38-47)43-34-37-57-52(39-43)50-25-10-12-31-56(50)61-57/h1-39H. The molecule has 0 saturated carbocycles. The van der Waals surface area contributed by atoms with Crippen LogP contribution in [0.4, 0.5) is 17.1 Å². The molecular weight excluding hydrogens is 755 g/mol. The van der Waals surface area contributed by atoms with Crippen molar-refractivity contribution in [3.05, 3.63) is 259 Å². The van der Waals surface area contributed by atoms with E-state index in [-0.39, 0.29) is 0 Å². The first kappa shape index (κ1) is 35.4. The third-order valence-electron chi connectivity index (χ3n) is 12.7. The summed E-state index contributed by atoms with van der Waals surface area (Å²) in [5.74, 6) is 0. The highest BCUT2D eigenvalue weighted by Crippen LogP contribution is 2.59. The number of benzene rings is 10. The van der Waals surface area contributed by atoms with Crippen molar-refractivity contribution in [1.29, 1.82) is 0 Å². The molecule has 0 saturated heterocycles. The van der Waals surface area contributed by atoms with Gasteiger partial charge in [0.05, 0.1) is 11.1 Å². The van der Waals surface area contributed by atoms with Crippen molar-refractivity contribution in [3.63, 3.8) is 0 Å². The molecule has 12 rings (SSSR count). The quantitative estimate of drug-likeness (QED) is 0.155. The molecule has 1 nitrogen and oxygen atoms in total. The molecule has 2 heteroatoms. The molecule has 1 heterocycles. The molecule has 11 aromatic rings. The van der Waals surface area contributed by atoms with E-state index in [0.29, 0.717) is 0 Å². The third kappa shape index (κ3) is 5.60. The molecule has 1 aliphatic carbocycles. The normalized spacial score (nSPS) is 12.7. The molecule has 0 radical (unpaired) electrons. The van der Waals surface area contributed by atoms with E-state index in [2.05, 4.69) is 241 Å². The lowest BCUT2D eigenvalue weighted by molar-refractivity contribution is 0.768. The van der Waals surface area contributed by atoms with Crippen LogP contribution in [-0.2, 0) is 5.41 Å². The number of hydrogen-bond donors (Lipinski definition) is 0. The van der Waals surface area contributed by atoms with Crippen molar-refractivity contribution < 1.29 is 0 Å². The van der Waals surface area contributed by atoms with E-state index < -0.39 is 5.41 Å². The summed E-state index contributed by atoms with van der Waals surface area (Å²) in [7, 11) is 0. The number of fused-ring (bicyclic) bond motifs is 7. The molecule has 0 N–H and O–H groups in total. The smallest absolute Gasteiger partial charge is 0.0714 e. The highest BCUT2D eigenvalue weighted by atomic mass is 32.1. The van der Waals surface area contributed by atoms with Crippen LogP contribution in [0, 0.1) is 0 Å². The molecule has 0 atom stereocenters. The maximum Gasteiger partial charge on any atom is 0.0714 e. The van der Waals surface area contributed by atoms with Gasteiger partial charge in [-0.15, -0.1) is 11.3 Å². The Balaban J connectivity index is 1.09. The average molecular weight is 794 g/mol. The second-order valence-corrected chi connectivity index (χ2v) is 17.1. The number of nitrogens with zero attached hydrogens (tertiary/aromatic N) is 1. The van der Waals surface area contributed by atoms with Gasteiger partial charge in [-0.3, -0.25) is 0 Å². The van der Waals surface area contributed by atoms with Gasteiger partial charge in [0.2, 0.25) is 0 Å². The first-order valence-corrected chi connectivity index (χ1v) is 21.8. The minimum atomic E-state index is -0.505. The number of hydrogen-bond acceptors (Lipinski definition) is 2. The fourth-order valence-corrected chi connectivity index (χ4v) is 11.2. The topological polar surface area (TPSA) is 3.24 Å². The average Bonchev–Trinajstić information content (AvgIpc) is 3.86. The Morgan fingerprint density at radius 1 is 0.344 bits per heavy atom. The summed E-state index contributed by atoms with van der Waals surface area (Å²) < 4.78 is 2.63. The van der Waals surface area contributed by atoms with E-state index in [1.165, 1.54) is 86.6 Å². The minimum Gasteiger partial charge on any atom is -0.310 e. The van der Waals surface area contributed by atoms with Crippen molar-refractivity contribution in [2.45, 2.75) is 5.41 Å². The zero-order valence-corrected chi connectivity index (χ0v) is 34.2. The van der Waals surface area contributed by atoms with Crippen LogP contribution in [0.1, 0.15) is 22.3 Å². The number of rotatable bonds is 7. The molecule has 286 valence electrons. The summed E-state index contributed by atoms with van der Waals surface area (Å²) in [4.78, 5) is 2.48. The van der Waals surface area contributed by atoms with Crippen molar-refractivity contribution >= 4 is 59.3 Å². The SMILES string of the molecule is c1ccc(C2(c3ccccc3)c3ccccc3-c3c(N(c4ccc(-c5cccc6ccccc56)cc4)c4cccc(-c5ccc6sc7ccccc7c6c5)c4)cccc32)cc1. The van der Waals surface area contributed by atoms with Crippen molar-refractivity contribution in [2.24, 2.45) is 0 Å². The fourth-order valence-electron chi connectivity index (χ4n) is 10.1. The van der Waals surface area contributed by atoms with Gasteiger partial charge >= 0.3 is 0 Å². The second-order valence-electron chi connectivity index (χ2n) is 16.0. The maximum absolute atomic E-state index is 2.48. The monoisotopic (exact) mass is 793 g/mol. The summed E-state index contributed by atoms with van der Waals surface area (Å²) in [6.45, 7) is 0. The van der Waals surface area contributed by atoms with E-state index in [1.807, 2.05) is 11.3 Å². The highest BCUT2D eigenvalue weighted by molar-refractivity contribution is 7.25. The molecule has 0 amide bonds. The third-order valence-corrected chi connectivity index (χ3v) is 13.9. The lowest BCUT2D eigenvalue weighted by Gasteiger charge is -2.34. The minimum absolute atomic E-state index is 0.505. The molecule has 1 aromatic heterocycles. The molecule has 0 bridgehead atoms. The fraction of sp³-hybridized carbons (Fsp3) is 0.0169. The van der Waals surface area contributed by atoms with Gasteiger partial charge < -0.3 is 4.90 Å². The molecule has 0 fully saturated rings. The van der Waals surface area contributed by atoms with Crippen LogP contribution >= 0.6 is 11.3 Å². The number of anilines is 3. The Hall–Kier alpha value is -7.52. The lowest BCUT2D eigenvalue weighted by Crippen LogP contribution is -2.28. The molecule has 0 aliphatic heterocycles. The van der Waals surface area contributed by atoms with E-state index in [4.69, 9.17) is 0 Å². The van der Waals surface area contributed by atoms with Crippen LogP contribution in [-0.4, -0.2) is 0 Å². The summed E-state index contributed by atoms with van der Waals surface area (Å²) >= 11 is 1.86. The summed E-state index contributed by atoms with van der Waals surface area (Å²) in [6, 6.07) is 87.4. The molecular formula is C59H39NS. The summed E-state index contributed by atoms with van der Waals surface area (Å²) in [5.41, 5.74) is 15.3. The predicted molar refractivity (Wildman–Crippen MR) is 260 cm³/mol. The Morgan fingerprint density at radius 3 is 1.75 bits per heavy atom. The largest absolute Gasteiger partial charge is 0.310 e.